The molecule has 0 spiro atoms. The van der Waals surface area contributed by atoms with Crippen LogP contribution in [0.15, 0.2) is 0 Å². The highest BCUT2D eigenvalue weighted by molar-refractivity contribution is 7.99. The number of carboxylic acid groups (broad SMARTS) is 1. The standard InChI is InChI=1S/C10H20N2O4S.ClH/c1-3-17-6(2)8(11)9(15)10(16)12-5-4-7(13)14;/h6,8-9,15H,3-5,11H2,1-2H3,(H,12,16)(H,13,14);1H/t6?,8-,9?;/m0./s1. The van der Waals surface area contributed by atoms with Crippen LogP contribution in [-0.2, 0) is 9.59 Å². The van der Waals surface area contributed by atoms with Crippen molar-refractivity contribution in [3.63, 3.8) is 0 Å². The molecule has 0 radical (unpaired) electrons. The Morgan fingerprint density at radius 3 is 2.44 bits per heavy atom. The van der Waals surface area contributed by atoms with Crippen LogP contribution in [-0.4, -0.2) is 51.8 Å². The van der Waals surface area contributed by atoms with Crippen molar-refractivity contribution >= 4 is 36.0 Å². The summed E-state index contributed by atoms with van der Waals surface area (Å²) < 4.78 is 0. The Kier molecular flexibility index (Phi) is 11.5. The van der Waals surface area contributed by atoms with Gasteiger partial charge in [0.05, 0.1) is 12.5 Å². The molecule has 0 rings (SSSR count). The number of hydrogen-bond donors (Lipinski definition) is 4. The Labute approximate surface area is 117 Å². The lowest BCUT2D eigenvalue weighted by atomic mass is 10.1. The first kappa shape index (κ1) is 19.8. The molecule has 108 valence electrons. The van der Waals surface area contributed by atoms with Crippen molar-refractivity contribution < 1.29 is 19.8 Å². The first-order valence-corrected chi connectivity index (χ1v) is 6.49. The molecule has 3 atom stereocenters. The van der Waals surface area contributed by atoms with Crippen LogP contribution in [0.5, 0.6) is 0 Å². The number of carbonyl (C=O) groups is 2. The van der Waals surface area contributed by atoms with Gasteiger partial charge in [-0.25, -0.2) is 0 Å². The number of aliphatic hydroxyl groups is 1. The normalized spacial score (nSPS) is 15.1. The zero-order valence-corrected chi connectivity index (χ0v) is 12.1. The number of rotatable bonds is 8. The lowest BCUT2D eigenvalue weighted by molar-refractivity contribution is -0.137. The fraction of sp³-hybridized carbons (Fsp3) is 0.800. The lowest BCUT2D eigenvalue weighted by Crippen LogP contribution is -2.50. The molecular formula is C10H21ClN2O4S. The van der Waals surface area contributed by atoms with Crippen LogP contribution in [0.3, 0.4) is 0 Å². The number of nitrogens with one attached hydrogen (secondary N) is 1. The minimum Gasteiger partial charge on any atom is -0.481 e. The van der Waals surface area contributed by atoms with E-state index in [0.717, 1.165) is 5.75 Å². The van der Waals surface area contributed by atoms with E-state index in [4.69, 9.17) is 10.8 Å². The van der Waals surface area contributed by atoms with E-state index in [-0.39, 0.29) is 30.6 Å². The van der Waals surface area contributed by atoms with Crippen LogP contribution in [0.1, 0.15) is 20.3 Å². The Morgan fingerprint density at radius 1 is 1.44 bits per heavy atom. The number of thioether (sulfide) groups is 1. The predicted octanol–water partition coefficient (Wildman–Crippen LogP) is -0.171. The van der Waals surface area contributed by atoms with E-state index >= 15 is 0 Å². The average Bonchev–Trinajstić information content (AvgIpc) is 2.26. The summed E-state index contributed by atoms with van der Waals surface area (Å²) in [5, 5.41) is 20.3. The molecule has 18 heavy (non-hydrogen) atoms. The predicted molar refractivity (Wildman–Crippen MR) is 74.1 cm³/mol. The number of aliphatic carboxylic acids is 1. The molecule has 8 heteroatoms. The summed E-state index contributed by atoms with van der Waals surface area (Å²) in [5.41, 5.74) is 5.73. The van der Waals surface area contributed by atoms with Gasteiger partial charge in [0.25, 0.3) is 5.91 Å². The summed E-state index contributed by atoms with van der Waals surface area (Å²) in [7, 11) is 0. The monoisotopic (exact) mass is 300 g/mol. The number of aliphatic hydroxyl groups excluding tert-OH is 1. The molecule has 6 nitrogen and oxygen atoms in total. The van der Waals surface area contributed by atoms with Crippen LogP contribution < -0.4 is 11.1 Å². The zero-order valence-electron chi connectivity index (χ0n) is 10.5. The molecule has 1 amide bonds. The van der Waals surface area contributed by atoms with E-state index in [2.05, 4.69) is 5.32 Å². The van der Waals surface area contributed by atoms with Gasteiger partial charge >= 0.3 is 5.97 Å². The summed E-state index contributed by atoms with van der Waals surface area (Å²) in [4.78, 5) is 21.7. The SMILES string of the molecule is CCSC(C)[C@H](N)C(O)C(=O)NCCC(=O)O.Cl. The number of amides is 1. The van der Waals surface area contributed by atoms with Gasteiger partial charge in [0, 0.05) is 11.8 Å². The second kappa shape index (κ2) is 10.4. The van der Waals surface area contributed by atoms with E-state index in [1.807, 2.05) is 13.8 Å². The largest absolute Gasteiger partial charge is 0.481 e. The number of halogens is 1. The summed E-state index contributed by atoms with van der Waals surface area (Å²) in [5.74, 6) is -0.774. The van der Waals surface area contributed by atoms with Crippen molar-refractivity contribution in [3.8, 4) is 0 Å². The molecular weight excluding hydrogens is 280 g/mol. The number of carboxylic acids is 1. The fourth-order valence-electron chi connectivity index (χ4n) is 1.20. The van der Waals surface area contributed by atoms with E-state index in [9.17, 15) is 14.7 Å². The van der Waals surface area contributed by atoms with Gasteiger partial charge in [0.1, 0.15) is 6.10 Å². The maximum atomic E-state index is 11.4. The van der Waals surface area contributed by atoms with Crippen molar-refractivity contribution in [1.29, 1.82) is 0 Å². The van der Waals surface area contributed by atoms with Crippen molar-refractivity contribution in [3.05, 3.63) is 0 Å². The first-order chi connectivity index (χ1) is 7.90. The van der Waals surface area contributed by atoms with Gasteiger partial charge in [-0.05, 0) is 5.75 Å². The maximum Gasteiger partial charge on any atom is 0.305 e. The third kappa shape index (κ3) is 7.75. The van der Waals surface area contributed by atoms with E-state index in [1.54, 1.807) is 11.8 Å². The maximum absolute atomic E-state index is 11.4. The molecule has 5 N–H and O–H groups in total. The minimum absolute atomic E-state index is 0. The van der Waals surface area contributed by atoms with Crippen LogP contribution in [0.4, 0.5) is 0 Å². The smallest absolute Gasteiger partial charge is 0.305 e. The molecule has 0 aliphatic carbocycles. The molecule has 0 saturated carbocycles. The Balaban J connectivity index is 0. The lowest BCUT2D eigenvalue weighted by Gasteiger charge is -2.23. The van der Waals surface area contributed by atoms with Gasteiger partial charge in [-0.1, -0.05) is 13.8 Å². The Hall–Kier alpha value is -0.500. The van der Waals surface area contributed by atoms with Crippen LogP contribution in [0.25, 0.3) is 0 Å². The summed E-state index contributed by atoms with van der Waals surface area (Å²) in [6.45, 7) is 3.80. The van der Waals surface area contributed by atoms with Gasteiger partial charge in [0.15, 0.2) is 0 Å². The average molecular weight is 301 g/mol. The second-order valence-electron chi connectivity index (χ2n) is 3.62. The molecule has 0 fully saturated rings. The third-order valence-electron chi connectivity index (χ3n) is 2.24. The summed E-state index contributed by atoms with van der Waals surface area (Å²) in [6, 6.07) is -0.662. The Bertz CT molecular complexity index is 268. The quantitative estimate of drug-likeness (QED) is 0.495. The molecule has 2 unspecified atom stereocenters. The molecule has 0 aliphatic heterocycles. The van der Waals surface area contributed by atoms with Crippen molar-refractivity contribution in [1.82, 2.24) is 5.32 Å². The van der Waals surface area contributed by atoms with E-state index < -0.39 is 24.0 Å². The highest BCUT2D eigenvalue weighted by Crippen LogP contribution is 2.14. The second-order valence-corrected chi connectivity index (χ2v) is 5.27. The molecule has 0 saturated heterocycles. The van der Waals surface area contributed by atoms with Crippen LogP contribution in [0.2, 0.25) is 0 Å². The molecule has 0 bridgehead atoms. The van der Waals surface area contributed by atoms with Gasteiger partial charge in [-0.3, -0.25) is 9.59 Å². The van der Waals surface area contributed by atoms with Crippen molar-refractivity contribution in [2.45, 2.75) is 37.7 Å². The fourth-order valence-corrected chi connectivity index (χ4v) is 2.10. The molecule has 0 aromatic rings. The molecule has 0 aromatic heterocycles. The Morgan fingerprint density at radius 2 is 2.00 bits per heavy atom. The first-order valence-electron chi connectivity index (χ1n) is 5.44. The van der Waals surface area contributed by atoms with Gasteiger partial charge in [-0.2, -0.15) is 11.8 Å². The van der Waals surface area contributed by atoms with Gasteiger partial charge in [0.2, 0.25) is 0 Å². The van der Waals surface area contributed by atoms with Gasteiger partial charge in [-0.15, -0.1) is 12.4 Å². The topological polar surface area (TPSA) is 113 Å². The van der Waals surface area contributed by atoms with Crippen molar-refractivity contribution in [2.75, 3.05) is 12.3 Å². The van der Waals surface area contributed by atoms with Gasteiger partial charge < -0.3 is 21.3 Å². The van der Waals surface area contributed by atoms with E-state index in [0.29, 0.717) is 0 Å². The molecule has 0 aromatic carbocycles. The third-order valence-corrected chi connectivity index (χ3v) is 3.42. The minimum atomic E-state index is -1.31. The van der Waals surface area contributed by atoms with E-state index in [1.165, 1.54) is 0 Å². The van der Waals surface area contributed by atoms with Crippen LogP contribution in [0, 0.1) is 0 Å². The number of carbonyl (C=O) groups excluding carboxylic acids is 1. The number of hydrogen-bond acceptors (Lipinski definition) is 5. The zero-order chi connectivity index (χ0) is 13.4. The van der Waals surface area contributed by atoms with Crippen molar-refractivity contribution in [2.24, 2.45) is 5.73 Å². The summed E-state index contributed by atoms with van der Waals surface area (Å²) >= 11 is 1.55. The number of nitrogens with two attached hydrogens (primary N) is 1. The highest BCUT2D eigenvalue weighted by atomic mass is 35.5. The molecule has 0 aliphatic rings. The van der Waals surface area contributed by atoms with Crippen LogP contribution >= 0.6 is 24.2 Å². The molecule has 0 heterocycles. The highest BCUT2D eigenvalue weighted by Gasteiger charge is 2.27. The summed E-state index contributed by atoms with van der Waals surface area (Å²) in [6.07, 6.45) is -1.48.